The van der Waals surface area contributed by atoms with E-state index in [1.807, 2.05) is 12.1 Å². The van der Waals surface area contributed by atoms with Crippen LogP contribution < -0.4 is 9.64 Å². The first kappa shape index (κ1) is 20.7. The number of carbonyl (C=O) groups excluding carboxylic acids is 1. The fraction of sp³-hybridized carbons (Fsp3) is 0.364. The van der Waals surface area contributed by atoms with E-state index in [1.54, 1.807) is 11.0 Å². The van der Waals surface area contributed by atoms with Gasteiger partial charge in [0.1, 0.15) is 11.9 Å². The van der Waals surface area contributed by atoms with Crippen molar-refractivity contribution in [2.24, 2.45) is 0 Å². The monoisotopic (exact) mass is 425 g/mol. The standard InChI is InChI=1S/C22H21F2N5O2/c1-31-21-18(3-2-10-26-21)22(23,24)9-8-20(30)28-13-16-5-6-17(14-28)29(16)19-7-4-15(11-25)12-27-19/h2-4,7-10,12,16-17H,5-6,13-14H2,1H3/b9-8+. The molecule has 7 nitrogen and oxygen atoms in total. The zero-order valence-corrected chi connectivity index (χ0v) is 16.9. The normalized spacial score (nSPS) is 20.7. The smallest absolute Gasteiger partial charge is 0.297 e. The van der Waals surface area contributed by atoms with Crippen LogP contribution in [-0.2, 0) is 10.7 Å². The van der Waals surface area contributed by atoms with Crippen molar-refractivity contribution in [2.75, 3.05) is 25.1 Å². The number of methoxy groups -OCH3 is 1. The van der Waals surface area contributed by atoms with Gasteiger partial charge in [-0.3, -0.25) is 4.79 Å². The Morgan fingerprint density at radius 3 is 2.61 bits per heavy atom. The number of anilines is 1. The molecule has 0 aliphatic carbocycles. The lowest BCUT2D eigenvalue weighted by Gasteiger charge is -2.41. The molecule has 0 saturated carbocycles. The molecule has 4 rings (SSSR count). The van der Waals surface area contributed by atoms with Crippen LogP contribution in [0.1, 0.15) is 24.0 Å². The Balaban J connectivity index is 1.46. The van der Waals surface area contributed by atoms with Crippen LogP contribution in [0.15, 0.2) is 48.8 Å². The molecular formula is C22H21F2N5O2. The average molecular weight is 425 g/mol. The number of halogens is 2. The minimum absolute atomic E-state index is 0.0652. The highest BCUT2D eigenvalue weighted by atomic mass is 19.3. The quantitative estimate of drug-likeness (QED) is 0.685. The van der Waals surface area contributed by atoms with E-state index in [0.717, 1.165) is 24.7 Å². The van der Waals surface area contributed by atoms with Gasteiger partial charge in [-0.15, -0.1) is 0 Å². The van der Waals surface area contributed by atoms with E-state index in [0.29, 0.717) is 24.7 Å². The first-order valence-corrected chi connectivity index (χ1v) is 9.93. The topological polar surface area (TPSA) is 82.4 Å². The van der Waals surface area contributed by atoms with Gasteiger partial charge in [-0.05, 0) is 43.2 Å². The summed E-state index contributed by atoms with van der Waals surface area (Å²) in [4.78, 5) is 24.6. The van der Waals surface area contributed by atoms with Crippen LogP contribution in [-0.4, -0.2) is 53.1 Å². The number of likely N-dealkylation sites (tertiary alicyclic amines) is 1. The molecule has 2 bridgehead atoms. The van der Waals surface area contributed by atoms with Gasteiger partial charge in [0.15, 0.2) is 0 Å². The highest BCUT2D eigenvalue weighted by molar-refractivity contribution is 5.88. The molecule has 0 N–H and O–H groups in total. The zero-order valence-electron chi connectivity index (χ0n) is 16.9. The van der Waals surface area contributed by atoms with Gasteiger partial charge in [-0.25, -0.2) is 9.97 Å². The third-order valence-corrected chi connectivity index (χ3v) is 5.69. The maximum atomic E-state index is 14.6. The molecule has 2 aliphatic heterocycles. The Hall–Kier alpha value is -3.54. The summed E-state index contributed by atoms with van der Waals surface area (Å²) in [5, 5.41) is 8.94. The summed E-state index contributed by atoms with van der Waals surface area (Å²) in [7, 11) is 1.27. The van der Waals surface area contributed by atoms with Crippen molar-refractivity contribution in [3.8, 4) is 11.9 Å². The minimum Gasteiger partial charge on any atom is -0.481 e. The highest BCUT2D eigenvalue weighted by Crippen LogP contribution is 2.36. The minimum atomic E-state index is -3.39. The van der Waals surface area contributed by atoms with E-state index < -0.39 is 17.4 Å². The van der Waals surface area contributed by atoms with Gasteiger partial charge in [-0.1, -0.05) is 0 Å². The van der Waals surface area contributed by atoms with Crippen LogP contribution in [0.4, 0.5) is 14.6 Å². The molecule has 1 amide bonds. The third-order valence-electron chi connectivity index (χ3n) is 5.69. The molecule has 2 aromatic rings. The third kappa shape index (κ3) is 4.06. The molecule has 31 heavy (non-hydrogen) atoms. The summed E-state index contributed by atoms with van der Waals surface area (Å²) < 4.78 is 34.2. The molecule has 2 fully saturated rings. The van der Waals surface area contributed by atoms with Crippen LogP contribution >= 0.6 is 0 Å². The van der Waals surface area contributed by atoms with Crippen molar-refractivity contribution in [1.29, 1.82) is 5.26 Å². The predicted octanol–water partition coefficient (Wildman–Crippen LogP) is 2.88. The lowest BCUT2D eigenvalue weighted by molar-refractivity contribution is -0.127. The lowest BCUT2D eigenvalue weighted by atomic mass is 10.1. The van der Waals surface area contributed by atoms with E-state index >= 15 is 0 Å². The van der Waals surface area contributed by atoms with E-state index in [-0.39, 0.29) is 18.0 Å². The number of hydrogen-bond donors (Lipinski definition) is 0. The molecule has 2 aliphatic rings. The Labute approximate surface area is 178 Å². The number of piperazine rings is 1. The van der Waals surface area contributed by atoms with Crippen LogP contribution in [0, 0.1) is 11.3 Å². The van der Waals surface area contributed by atoms with Gasteiger partial charge in [0.25, 0.3) is 5.92 Å². The predicted molar refractivity (Wildman–Crippen MR) is 109 cm³/mol. The molecule has 2 atom stereocenters. The molecule has 0 spiro atoms. The summed E-state index contributed by atoms with van der Waals surface area (Å²) in [5.41, 5.74) is 0.0968. The molecule has 2 saturated heterocycles. The number of nitrogens with zero attached hydrogens (tertiary/aromatic N) is 5. The summed E-state index contributed by atoms with van der Waals surface area (Å²) in [6, 6.07) is 8.33. The molecule has 4 heterocycles. The number of aromatic nitrogens is 2. The number of rotatable bonds is 5. The highest BCUT2D eigenvalue weighted by Gasteiger charge is 2.42. The number of hydrogen-bond acceptors (Lipinski definition) is 6. The molecule has 9 heteroatoms. The Bertz CT molecular complexity index is 1020. The van der Waals surface area contributed by atoms with Gasteiger partial charge in [-0.2, -0.15) is 14.0 Å². The second kappa shape index (κ2) is 8.30. The second-order valence-corrected chi connectivity index (χ2v) is 7.57. The largest absolute Gasteiger partial charge is 0.481 e. The van der Waals surface area contributed by atoms with Gasteiger partial charge in [0.05, 0.1) is 18.2 Å². The molecule has 2 aromatic heterocycles. The van der Waals surface area contributed by atoms with Crippen LogP contribution in [0.2, 0.25) is 0 Å². The fourth-order valence-corrected chi connectivity index (χ4v) is 4.24. The van der Waals surface area contributed by atoms with Crippen molar-refractivity contribution < 1.29 is 18.3 Å². The first-order chi connectivity index (χ1) is 14.9. The van der Waals surface area contributed by atoms with Crippen molar-refractivity contribution in [2.45, 2.75) is 30.8 Å². The maximum absolute atomic E-state index is 14.6. The molecular weight excluding hydrogens is 404 g/mol. The van der Waals surface area contributed by atoms with Crippen molar-refractivity contribution in [3.05, 3.63) is 59.9 Å². The number of nitriles is 1. The van der Waals surface area contributed by atoms with Gasteiger partial charge >= 0.3 is 0 Å². The van der Waals surface area contributed by atoms with E-state index in [1.165, 1.54) is 31.6 Å². The first-order valence-electron chi connectivity index (χ1n) is 9.93. The van der Waals surface area contributed by atoms with Crippen molar-refractivity contribution >= 4 is 11.7 Å². The Morgan fingerprint density at radius 1 is 1.26 bits per heavy atom. The fourth-order valence-electron chi connectivity index (χ4n) is 4.24. The second-order valence-electron chi connectivity index (χ2n) is 7.57. The van der Waals surface area contributed by atoms with Gasteiger partial charge in [0, 0.05) is 43.6 Å². The van der Waals surface area contributed by atoms with E-state index in [2.05, 4.69) is 14.9 Å². The number of allylic oxidation sites excluding steroid dienone is 1. The zero-order chi connectivity index (χ0) is 22.0. The maximum Gasteiger partial charge on any atom is 0.297 e. The SMILES string of the molecule is COc1ncccc1C(F)(F)/C=C/C(=O)N1CC2CCC(C1)N2c1ccc(C#N)cn1. The Morgan fingerprint density at radius 2 is 2.00 bits per heavy atom. The lowest BCUT2D eigenvalue weighted by Crippen LogP contribution is -2.55. The average Bonchev–Trinajstić information content (AvgIpc) is 3.06. The number of pyridine rings is 2. The molecule has 2 unspecified atom stereocenters. The van der Waals surface area contributed by atoms with Crippen molar-refractivity contribution in [3.63, 3.8) is 0 Å². The van der Waals surface area contributed by atoms with Gasteiger partial charge in [0.2, 0.25) is 11.8 Å². The number of amides is 1. The van der Waals surface area contributed by atoms with E-state index in [9.17, 15) is 13.6 Å². The van der Waals surface area contributed by atoms with Gasteiger partial charge < -0.3 is 14.5 Å². The molecule has 160 valence electrons. The summed E-state index contributed by atoms with van der Waals surface area (Å²) in [6.07, 6.45) is 6.22. The molecule has 0 radical (unpaired) electrons. The van der Waals surface area contributed by atoms with E-state index in [4.69, 9.17) is 10.00 Å². The van der Waals surface area contributed by atoms with Crippen LogP contribution in [0.25, 0.3) is 0 Å². The number of fused-ring (bicyclic) bond motifs is 2. The number of carbonyl (C=O) groups is 1. The number of ether oxygens (including phenoxy) is 1. The van der Waals surface area contributed by atoms with Crippen LogP contribution in [0.3, 0.4) is 0 Å². The number of alkyl halides is 2. The summed E-state index contributed by atoms with van der Waals surface area (Å²) in [5.74, 6) is -3.25. The summed E-state index contributed by atoms with van der Waals surface area (Å²) >= 11 is 0. The summed E-state index contributed by atoms with van der Waals surface area (Å²) in [6.45, 7) is 0.867. The Kier molecular flexibility index (Phi) is 5.55. The van der Waals surface area contributed by atoms with Crippen LogP contribution in [0.5, 0.6) is 5.88 Å². The molecule has 0 aromatic carbocycles. The van der Waals surface area contributed by atoms with Crippen molar-refractivity contribution in [1.82, 2.24) is 14.9 Å².